The van der Waals surface area contributed by atoms with E-state index < -0.39 is 10.0 Å². The van der Waals surface area contributed by atoms with Gasteiger partial charge in [0.05, 0.1) is 3.79 Å². The molecule has 7 heteroatoms. The number of rotatable bonds is 4. The van der Waals surface area contributed by atoms with Crippen molar-refractivity contribution in [3.8, 4) is 0 Å². The van der Waals surface area contributed by atoms with Crippen LogP contribution in [-0.2, 0) is 29.4 Å². The van der Waals surface area contributed by atoms with Gasteiger partial charge in [0.15, 0.2) is 0 Å². The molecule has 0 spiro atoms. The number of aryl methyl sites for hydroxylation is 2. The van der Waals surface area contributed by atoms with Gasteiger partial charge in [0, 0.05) is 17.1 Å². The molecule has 2 aromatic rings. The van der Waals surface area contributed by atoms with Crippen LogP contribution in [0.3, 0.4) is 0 Å². The first-order chi connectivity index (χ1) is 9.99. The lowest BCUT2D eigenvalue weighted by molar-refractivity contribution is 0.601. The monoisotopic (exact) mass is 386 g/mol. The van der Waals surface area contributed by atoms with Crippen molar-refractivity contribution in [2.45, 2.75) is 30.7 Å². The fourth-order valence-electron chi connectivity index (χ4n) is 2.53. The van der Waals surface area contributed by atoms with E-state index in [0.717, 1.165) is 24.1 Å². The van der Waals surface area contributed by atoms with Crippen molar-refractivity contribution in [1.82, 2.24) is 0 Å². The van der Waals surface area contributed by atoms with E-state index in [4.69, 9.17) is 5.73 Å². The van der Waals surface area contributed by atoms with Gasteiger partial charge in [-0.05, 0) is 64.5 Å². The molecule has 112 valence electrons. The van der Waals surface area contributed by atoms with Gasteiger partial charge in [-0.3, -0.25) is 4.72 Å². The summed E-state index contributed by atoms with van der Waals surface area (Å²) >= 11 is 4.65. The summed E-state index contributed by atoms with van der Waals surface area (Å²) in [5, 5.41) is 0. The second kappa shape index (κ2) is 5.72. The molecule has 0 radical (unpaired) electrons. The second-order valence-electron chi connectivity index (χ2n) is 5.00. The van der Waals surface area contributed by atoms with E-state index in [1.54, 1.807) is 6.07 Å². The molecule has 0 bridgehead atoms. The first-order valence-electron chi connectivity index (χ1n) is 6.62. The molecule has 21 heavy (non-hydrogen) atoms. The largest absolute Gasteiger partial charge is 0.326 e. The van der Waals surface area contributed by atoms with Crippen LogP contribution in [0.4, 0.5) is 5.69 Å². The molecule has 0 saturated carbocycles. The summed E-state index contributed by atoms with van der Waals surface area (Å²) in [5.74, 6) is 0. The maximum absolute atomic E-state index is 12.5. The molecule has 1 aromatic carbocycles. The molecular formula is C14H15BrN2O2S2. The third-order valence-electron chi connectivity index (χ3n) is 3.55. The SMILES string of the molecule is NCc1cc(S(=O)(=O)Nc2ccc3c(c2)CCC3)c(Br)s1. The molecule has 0 atom stereocenters. The van der Waals surface area contributed by atoms with Crippen molar-refractivity contribution in [2.75, 3.05) is 4.72 Å². The summed E-state index contributed by atoms with van der Waals surface area (Å²) in [6.07, 6.45) is 3.24. The summed E-state index contributed by atoms with van der Waals surface area (Å²) < 4.78 is 28.2. The van der Waals surface area contributed by atoms with Crippen LogP contribution in [-0.4, -0.2) is 8.42 Å². The minimum absolute atomic E-state index is 0.244. The van der Waals surface area contributed by atoms with E-state index in [0.29, 0.717) is 16.0 Å². The van der Waals surface area contributed by atoms with Gasteiger partial charge < -0.3 is 5.73 Å². The van der Waals surface area contributed by atoms with Crippen LogP contribution in [0.1, 0.15) is 22.4 Å². The fraction of sp³-hybridized carbons (Fsp3) is 0.286. The molecule has 0 saturated heterocycles. The van der Waals surface area contributed by atoms with Crippen molar-refractivity contribution in [2.24, 2.45) is 5.73 Å². The molecular weight excluding hydrogens is 372 g/mol. The van der Waals surface area contributed by atoms with E-state index in [1.807, 2.05) is 18.2 Å². The molecule has 1 aliphatic rings. The number of nitrogens with one attached hydrogen (secondary N) is 1. The normalized spacial score (nSPS) is 14.2. The van der Waals surface area contributed by atoms with Crippen LogP contribution >= 0.6 is 27.3 Å². The first-order valence-corrected chi connectivity index (χ1v) is 9.72. The molecule has 0 unspecified atom stereocenters. The number of halogens is 1. The molecule has 1 heterocycles. The minimum Gasteiger partial charge on any atom is -0.326 e. The van der Waals surface area contributed by atoms with Crippen LogP contribution in [0, 0.1) is 0 Å². The average Bonchev–Trinajstić information content (AvgIpc) is 3.04. The van der Waals surface area contributed by atoms with Crippen LogP contribution in [0.5, 0.6) is 0 Å². The van der Waals surface area contributed by atoms with Gasteiger partial charge in [-0.25, -0.2) is 8.42 Å². The van der Waals surface area contributed by atoms with Crippen molar-refractivity contribution < 1.29 is 8.42 Å². The summed E-state index contributed by atoms with van der Waals surface area (Å²) in [6, 6.07) is 7.38. The average molecular weight is 387 g/mol. The predicted molar refractivity (Wildman–Crippen MR) is 89.2 cm³/mol. The van der Waals surface area contributed by atoms with Crippen molar-refractivity contribution in [1.29, 1.82) is 0 Å². The fourth-order valence-corrected chi connectivity index (χ4v) is 6.14. The smallest absolute Gasteiger partial charge is 0.263 e. The zero-order valence-corrected chi connectivity index (χ0v) is 14.4. The zero-order valence-electron chi connectivity index (χ0n) is 11.2. The topological polar surface area (TPSA) is 72.2 Å². The Bertz CT molecular complexity index is 784. The Morgan fingerprint density at radius 2 is 2.00 bits per heavy atom. The number of nitrogens with two attached hydrogens (primary N) is 1. The van der Waals surface area contributed by atoms with Crippen LogP contribution in [0.15, 0.2) is 32.9 Å². The van der Waals surface area contributed by atoms with E-state index in [9.17, 15) is 8.42 Å². The Morgan fingerprint density at radius 1 is 1.24 bits per heavy atom. The number of benzene rings is 1. The highest BCUT2D eigenvalue weighted by Gasteiger charge is 2.21. The quantitative estimate of drug-likeness (QED) is 0.846. The zero-order chi connectivity index (χ0) is 15.0. The molecule has 4 nitrogen and oxygen atoms in total. The Hall–Kier alpha value is -0.890. The highest BCUT2D eigenvalue weighted by atomic mass is 79.9. The number of hydrogen-bond donors (Lipinski definition) is 2. The predicted octanol–water partition coefficient (Wildman–Crippen LogP) is 3.26. The van der Waals surface area contributed by atoms with Gasteiger partial charge in [-0.1, -0.05) is 6.07 Å². The van der Waals surface area contributed by atoms with Gasteiger partial charge >= 0.3 is 0 Å². The number of anilines is 1. The van der Waals surface area contributed by atoms with Gasteiger partial charge in [0.1, 0.15) is 4.90 Å². The van der Waals surface area contributed by atoms with Crippen molar-refractivity contribution in [3.05, 3.63) is 44.1 Å². The Kier molecular flexibility index (Phi) is 4.09. The summed E-state index contributed by atoms with van der Waals surface area (Å²) in [7, 11) is -3.59. The minimum atomic E-state index is -3.59. The summed E-state index contributed by atoms with van der Waals surface area (Å²) in [4.78, 5) is 1.07. The maximum atomic E-state index is 12.5. The van der Waals surface area contributed by atoms with Gasteiger partial charge in [0.25, 0.3) is 10.0 Å². The molecule has 0 fully saturated rings. The lowest BCUT2D eigenvalue weighted by Gasteiger charge is -2.09. The van der Waals surface area contributed by atoms with Crippen LogP contribution < -0.4 is 10.5 Å². The highest BCUT2D eigenvalue weighted by Crippen LogP contribution is 2.33. The number of fused-ring (bicyclic) bond motifs is 1. The van der Waals surface area contributed by atoms with Crippen LogP contribution in [0.2, 0.25) is 0 Å². The number of hydrogen-bond acceptors (Lipinski definition) is 4. The van der Waals surface area contributed by atoms with Gasteiger partial charge in [-0.2, -0.15) is 0 Å². The van der Waals surface area contributed by atoms with E-state index in [2.05, 4.69) is 20.7 Å². The van der Waals surface area contributed by atoms with Crippen molar-refractivity contribution >= 4 is 43.0 Å². The number of sulfonamides is 1. The third-order valence-corrected chi connectivity index (χ3v) is 7.20. The van der Waals surface area contributed by atoms with Crippen LogP contribution in [0.25, 0.3) is 0 Å². The molecule has 0 amide bonds. The molecule has 3 rings (SSSR count). The lowest BCUT2D eigenvalue weighted by atomic mass is 10.1. The Labute approximate surface area is 136 Å². The summed E-state index contributed by atoms with van der Waals surface area (Å²) in [5.41, 5.74) is 8.74. The Morgan fingerprint density at radius 3 is 2.71 bits per heavy atom. The maximum Gasteiger partial charge on any atom is 0.263 e. The standard InChI is InChI=1S/C14H15BrN2O2S2/c15-14-13(7-12(8-16)20-14)21(18,19)17-11-5-4-9-2-1-3-10(9)6-11/h4-7,17H,1-3,8,16H2. The van der Waals surface area contributed by atoms with Gasteiger partial charge in [-0.15, -0.1) is 11.3 Å². The summed E-state index contributed by atoms with van der Waals surface area (Å²) in [6.45, 7) is 0.331. The second-order valence-corrected chi connectivity index (χ2v) is 9.10. The number of thiophene rings is 1. The van der Waals surface area contributed by atoms with E-state index >= 15 is 0 Å². The highest BCUT2D eigenvalue weighted by molar-refractivity contribution is 9.11. The third kappa shape index (κ3) is 3.01. The molecule has 0 aliphatic heterocycles. The van der Waals surface area contributed by atoms with E-state index in [-0.39, 0.29) is 4.90 Å². The van der Waals surface area contributed by atoms with E-state index in [1.165, 1.54) is 22.5 Å². The molecule has 1 aliphatic carbocycles. The first kappa shape index (κ1) is 15.0. The van der Waals surface area contributed by atoms with Crippen molar-refractivity contribution in [3.63, 3.8) is 0 Å². The Balaban J connectivity index is 1.90. The molecule has 3 N–H and O–H groups in total. The van der Waals surface area contributed by atoms with Gasteiger partial charge in [0.2, 0.25) is 0 Å². The molecule has 1 aromatic heterocycles. The lowest BCUT2D eigenvalue weighted by Crippen LogP contribution is -2.13.